The van der Waals surface area contributed by atoms with Gasteiger partial charge in [-0.3, -0.25) is 0 Å². The number of hydrogen-bond donors (Lipinski definition) is 0. The maximum Gasteiger partial charge on any atom is 0.190 e. The molecular formula is C13H17N3OS. The number of benzene rings is 1. The van der Waals surface area contributed by atoms with Gasteiger partial charge in [0.25, 0.3) is 0 Å². The van der Waals surface area contributed by atoms with Crippen molar-refractivity contribution in [1.29, 1.82) is 0 Å². The third-order valence-electron chi connectivity index (χ3n) is 2.54. The summed E-state index contributed by atoms with van der Waals surface area (Å²) in [5, 5.41) is 8.81. The molecule has 0 fully saturated rings. The SMILES string of the molecule is Cc1ccccc1OCCCSc1nncn1C. The molecule has 4 nitrogen and oxygen atoms in total. The van der Waals surface area contributed by atoms with Crippen LogP contribution >= 0.6 is 11.8 Å². The Morgan fingerprint density at radius 1 is 1.33 bits per heavy atom. The molecule has 1 aromatic heterocycles. The second-order valence-electron chi connectivity index (χ2n) is 4.04. The highest BCUT2D eigenvalue weighted by Gasteiger charge is 2.01. The van der Waals surface area contributed by atoms with Gasteiger partial charge in [-0.15, -0.1) is 10.2 Å². The second kappa shape index (κ2) is 6.44. The summed E-state index contributed by atoms with van der Waals surface area (Å²) in [4.78, 5) is 0. The first-order valence-corrected chi connectivity index (χ1v) is 6.91. The molecule has 0 aliphatic rings. The molecule has 0 saturated carbocycles. The van der Waals surface area contributed by atoms with Crippen LogP contribution in [-0.4, -0.2) is 27.1 Å². The summed E-state index contributed by atoms with van der Waals surface area (Å²) < 4.78 is 7.65. The van der Waals surface area contributed by atoms with Crippen molar-refractivity contribution in [3.8, 4) is 5.75 Å². The van der Waals surface area contributed by atoms with E-state index in [2.05, 4.69) is 23.2 Å². The summed E-state index contributed by atoms with van der Waals surface area (Å²) >= 11 is 1.70. The summed E-state index contributed by atoms with van der Waals surface area (Å²) in [7, 11) is 1.95. The number of para-hydroxylation sites is 1. The Kier molecular flexibility index (Phi) is 4.64. The molecule has 5 heteroatoms. The molecule has 18 heavy (non-hydrogen) atoms. The van der Waals surface area contributed by atoms with Crippen molar-refractivity contribution in [2.24, 2.45) is 7.05 Å². The number of hydrogen-bond acceptors (Lipinski definition) is 4. The van der Waals surface area contributed by atoms with Crippen LogP contribution in [0.2, 0.25) is 0 Å². The van der Waals surface area contributed by atoms with E-state index in [1.807, 2.05) is 29.8 Å². The van der Waals surface area contributed by atoms with E-state index >= 15 is 0 Å². The molecule has 1 heterocycles. The Bertz CT molecular complexity index is 498. The Morgan fingerprint density at radius 2 is 2.17 bits per heavy atom. The van der Waals surface area contributed by atoms with Crippen molar-refractivity contribution >= 4 is 11.8 Å². The number of ether oxygens (including phenoxy) is 1. The first kappa shape index (κ1) is 13.0. The highest BCUT2D eigenvalue weighted by Crippen LogP contribution is 2.18. The van der Waals surface area contributed by atoms with E-state index in [-0.39, 0.29) is 0 Å². The molecule has 2 aromatic rings. The lowest BCUT2D eigenvalue weighted by Crippen LogP contribution is -2.00. The van der Waals surface area contributed by atoms with Crippen LogP contribution in [0.25, 0.3) is 0 Å². The molecule has 0 aliphatic heterocycles. The summed E-state index contributed by atoms with van der Waals surface area (Å²) in [5.74, 6) is 1.96. The van der Waals surface area contributed by atoms with Gasteiger partial charge in [-0.05, 0) is 25.0 Å². The van der Waals surface area contributed by atoms with E-state index in [4.69, 9.17) is 4.74 Å². The minimum absolute atomic E-state index is 0.732. The molecule has 1 aromatic carbocycles. The fraction of sp³-hybridized carbons (Fsp3) is 0.385. The molecule has 2 rings (SSSR count). The minimum atomic E-state index is 0.732. The lowest BCUT2D eigenvalue weighted by atomic mass is 10.2. The number of nitrogens with zero attached hydrogens (tertiary/aromatic N) is 3. The van der Waals surface area contributed by atoms with Crippen molar-refractivity contribution in [1.82, 2.24) is 14.8 Å². The zero-order chi connectivity index (χ0) is 12.8. The first-order valence-electron chi connectivity index (χ1n) is 5.92. The van der Waals surface area contributed by atoms with Crippen LogP contribution in [0.15, 0.2) is 35.7 Å². The molecule has 0 saturated heterocycles. The van der Waals surface area contributed by atoms with E-state index < -0.39 is 0 Å². The van der Waals surface area contributed by atoms with Gasteiger partial charge in [0.15, 0.2) is 5.16 Å². The van der Waals surface area contributed by atoms with Crippen LogP contribution in [0.3, 0.4) is 0 Å². The van der Waals surface area contributed by atoms with E-state index in [0.29, 0.717) is 0 Å². The van der Waals surface area contributed by atoms with Crippen LogP contribution in [0, 0.1) is 6.92 Å². The van der Waals surface area contributed by atoms with Gasteiger partial charge in [-0.25, -0.2) is 0 Å². The van der Waals surface area contributed by atoms with Crippen LogP contribution in [0.4, 0.5) is 0 Å². The standard InChI is InChI=1S/C13H17N3OS/c1-11-6-3-4-7-12(11)17-8-5-9-18-13-15-14-10-16(13)2/h3-4,6-7,10H,5,8-9H2,1-2H3. The van der Waals surface area contributed by atoms with Crippen molar-refractivity contribution in [3.63, 3.8) is 0 Å². The molecule has 0 atom stereocenters. The zero-order valence-electron chi connectivity index (χ0n) is 10.7. The maximum absolute atomic E-state index is 5.73. The van der Waals surface area contributed by atoms with Gasteiger partial charge in [-0.2, -0.15) is 0 Å². The average molecular weight is 263 g/mol. The third kappa shape index (κ3) is 3.50. The van der Waals surface area contributed by atoms with Gasteiger partial charge in [0.2, 0.25) is 0 Å². The van der Waals surface area contributed by atoms with Gasteiger partial charge in [-0.1, -0.05) is 30.0 Å². The predicted octanol–water partition coefficient (Wildman–Crippen LogP) is 2.68. The van der Waals surface area contributed by atoms with E-state index in [0.717, 1.165) is 29.7 Å². The normalized spacial score (nSPS) is 10.6. The Morgan fingerprint density at radius 3 is 2.89 bits per heavy atom. The maximum atomic E-state index is 5.73. The van der Waals surface area contributed by atoms with Crippen LogP contribution in [0.1, 0.15) is 12.0 Å². The smallest absolute Gasteiger partial charge is 0.190 e. The number of aryl methyl sites for hydroxylation is 2. The number of thioether (sulfide) groups is 1. The van der Waals surface area contributed by atoms with Gasteiger partial charge in [0.05, 0.1) is 6.61 Å². The summed E-state index contributed by atoms with van der Waals surface area (Å²) in [6.45, 7) is 2.79. The van der Waals surface area contributed by atoms with Gasteiger partial charge in [0, 0.05) is 12.8 Å². The zero-order valence-corrected chi connectivity index (χ0v) is 11.5. The fourth-order valence-corrected chi connectivity index (χ4v) is 2.33. The van der Waals surface area contributed by atoms with Crippen LogP contribution < -0.4 is 4.74 Å². The largest absolute Gasteiger partial charge is 0.493 e. The van der Waals surface area contributed by atoms with E-state index in [1.54, 1.807) is 18.1 Å². The predicted molar refractivity (Wildman–Crippen MR) is 73.0 cm³/mol. The number of aromatic nitrogens is 3. The third-order valence-corrected chi connectivity index (χ3v) is 3.66. The molecule has 0 amide bonds. The second-order valence-corrected chi connectivity index (χ2v) is 5.10. The van der Waals surface area contributed by atoms with E-state index in [9.17, 15) is 0 Å². The van der Waals surface area contributed by atoms with Gasteiger partial charge >= 0.3 is 0 Å². The molecular weight excluding hydrogens is 246 g/mol. The van der Waals surface area contributed by atoms with E-state index in [1.165, 1.54) is 5.56 Å². The van der Waals surface area contributed by atoms with Crippen molar-refractivity contribution in [3.05, 3.63) is 36.2 Å². The van der Waals surface area contributed by atoms with Crippen molar-refractivity contribution in [2.45, 2.75) is 18.5 Å². The summed E-state index contributed by atoms with van der Waals surface area (Å²) in [5.41, 5.74) is 1.18. The Balaban J connectivity index is 1.68. The monoisotopic (exact) mass is 263 g/mol. The Labute approximate surface area is 111 Å². The highest BCUT2D eigenvalue weighted by atomic mass is 32.2. The van der Waals surface area contributed by atoms with Crippen LogP contribution in [0.5, 0.6) is 5.75 Å². The molecule has 0 unspecified atom stereocenters. The molecule has 0 bridgehead atoms. The Hall–Kier alpha value is -1.49. The fourth-order valence-electron chi connectivity index (χ4n) is 1.53. The van der Waals surface area contributed by atoms with Crippen molar-refractivity contribution < 1.29 is 4.74 Å². The highest BCUT2D eigenvalue weighted by molar-refractivity contribution is 7.99. The van der Waals surface area contributed by atoms with Gasteiger partial charge in [0.1, 0.15) is 12.1 Å². The number of rotatable bonds is 6. The lowest BCUT2D eigenvalue weighted by molar-refractivity contribution is 0.316. The van der Waals surface area contributed by atoms with Gasteiger partial charge < -0.3 is 9.30 Å². The quantitative estimate of drug-likeness (QED) is 0.593. The molecule has 0 spiro atoms. The topological polar surface area (TPSA) is 39.9 Å². The summed E-state index contributed by atoms with van der Waals surface area (Å²) in [6, 6.07) is 8.08. The average Bonchev–Trinajstić information content (AvgIpc) is 2.77. The molecule has 0 radical (unpaired) electrons. The molecule has 96 valence electrons. The van der Waals surface area contributed by atoms with Crippen LogP contribution in [-0.2, 0) is 7.05 Å². The van der Waals surface area contributed by atoms with Crippen molar-refractivity contribution in [2.75, 3.05) is 12.4 Å². The minimum Gasteiger partial charge on any atom is -0.493 e. The first-order chi connectivity index (χ1) is 8.77. The summed E-state index contributed by atoms with van der Waals surface area (Å²) in [6.07, 6.45) is 2.71. The molecule has 0 N–H and O–H groups in total. The molecule has 0 aliphatic carbocycles. The lowest BCUT2D eigenvalue weighted by Gasteiger charge is -2.08.